The molecule has 0 amide bonds. The molecular weight excluding hydrogens is 311 g/mol. The third-order valence-corrected chi connectivity index (χ3v) is 5.39. The molecule has 1 aromatic rings. The van der Waals surface area contributed by atoms with Crippen LogP contribution in [0, 0.1) is 0 Å². The molecular formula is C12H12F3NO4S. The molecule has 0 saturated heterocycles. The summed E-state index contributed by atoms with van der Waals surface area (Å²) in [5.41, 5.74) is 0.101. The van der Waals surface area contributed by atoms with Gasteiger partial charge in [-0.3, -0.25) is 4.31 Å². The van der Waals surface area contributed by atoms with E-state index in [0.717, 1.165) is 17.5 Å². The molecule has 1 aliphatic heterocycles. The summed E-state index contributed by atoms with van der Waals surface area (Å²) in [7, 11) is -1.83. The highest BCUT2D eigenvalue weighted by atomic mass is 32.2. The summed E-state index contributed by atoms with van der Waals surface area (Å²) in [5.74, 6) is -0.740. The van der Waals surface area contributed by atoms with Gasteiger partial charge in [-0.25, -0.2) is 13.2 Å². The van der Waals surface area contributed by atoms with Crippen LogP contribution in [0.15, 0.2) is 18.2 Å². The van der Waals surface area contributed by atoms with E-state index in [1.807, 2.05) is 0 Å². The van der Waals surface area contributed by atoms with E-state index < -0.39 is 33.8 Å². The predicted molar refractivity (Wildman–Crippen MR) is 68.5 cm³/mol. The number of nitrogens with zero attached hydrogens (tertiary/aromatic N) is 1. The minimum Gasteiger partial charge on any atom is -0.465 e. The van der Waals surface area contributed by atoms with Gasteiger partial charge in [0.1, 0.15) is 5.25 Å². The minimum absolute atomic E-state index is 0.00826. The maximum Gasteiger partial charge on any atom is 0.390 e. The second-order valence-electron chi connectivity index (χ2n) is 4.59. The van der Waals surface area contributed by atoms with Crippen molar-refractivity contribution >= 4 is 21.7 Å². The lowest BCUT2D eigenvalue weighted by atomic mass is 10.0. The van der Waals surface area contributed by atoms with Crippen LogP contribution < -0.4 is 4.31 Å². The van der Waals surface area contributed by atoms with Gasteiger partial charge in [0.15, 0.2) is 0 Å². The molecule has 2 rings (SSSR count). The highest BCUT2D eigenvalue weighted by Crippen LogP contribution is 2.46. The zero-order valence-corrected chi connectivity index (χ0v) is 12.0. The average Bonchev–Trinajstić information content (AvgIpc) is 2.57. The number of carbonyl (C=O) groups is 1. The molecule has 0 spiro atoms. The molecule has 116 valence electrons. The number of ether oxygens (including phenoxy) is 1. The van der Waals surface area contributed by atoms with Gasteiger partial charge in [0.25, 0.3) is 0 Å². The van der Waals surface area contributed by atoms with E-state index in [1.54, 1.807) is 0 Å². The number of hydrogen-bond acceptors (Lipinski definition) is 4. The van der Waals surface area contributed by atoms with Crippen molar-refractivity contribution < 1.29 is 31.1 Å². The smallest absolute Gasteiger partial charge is 0.390 e. The lowest BCUT2D eigenvalue weighted by Crippen LogP contribution is -2.26. The highest BCUT2D eigenvalue weighted by Gasteiger charge is 2.47. The maximum absolute atomic E-state index is 12.6. The summed E-state index contributed by atoms with van der Waals surface area (Å²) in [6, 6.07) is 3.75. The number of esters is 1. The minimum atomic E-state index is -4.64. The fourth-order valence-electron chi connectivity index (χ4n) is 2.26. The number of carbonyl (C=O) groups excluding carboxylic acids is 1. The van der Waals surface area contributed by atoms with Crippen LogP contribution >= 0.6 is 0 Å². The average molecular weight is 323 g/mol. The van der Waals surface area contributed by atoms with Crippen LogP contribution in [0.1, 0.15) is 27.6 Å². The van der Waals surface area contributed by atoms with Gasteiger partial charge in [-0.1, -0.05) is 0 Å². The topological polar surface area (TPSA) is 63.7 Å². The van der Waals surface area contributed by atoms with Crippen LogP contribution in [-0.4, -0.2) is 34.7 Å². The Morgan fingerprint density at radius 2 is 2.00 bits per heavy atom. The summed E-state index contributed by atoms with van der Waals surface area (Å²) in [4.78, 5) is 11.4. The number of fused-ring (bicyclic) bond motifs is 1. The third-order valence-electron chi connectivity index (χ3n) is 3.29. The van der Waals surface area contributed by atoms with E-state index in [4.69, 9.17) is 0 Å². The molecule has 0 saturated carbocycles. The number of halogens is 3. The number of benzene rings is 1. The van der Waals surface area contributed by atoms with E-state index in [0.29, 0.717) is 0 Å². The second kappa shape index (κ2) is 4.90. The molecule has 0 fully saturated rings. The Morgan fingerprint density at radius 3 is 2.52 bits per heavy atom. The third kappa shape index (κ3) is 2.69. The van der Waals surface area contributed by atoms with Crippen LogP contribution in [-0.2, 0) is 14.8 Å². The monoisotopic (exact) mass is 323 g/mol. The first kappa shape index (κ1) is 15.6. The number of sulfonamides is 1. The quantitative estimate of drug-likeness (QED) is 0.783. The maximum atomic E-state index is 12.6. The fraction of sp³-hybridized carbons (Fsp3) is 0.417. The zero-order chi connectivity index (χ0) is 16.0. The molecule has 9 heteroatoms. The van der Waals surface area contributed by atoms with Crippen molar-refractivity contribution in [3.05, 3.63) is 29.3 Å². The van der Waals surface area contributed by atoms with Crippen molar-refractivity contribution in [3.63, 3.8) is 0 Å². The largest absolute Gasteiger partial charge is 0.465 e. The zero-order valence-electron chi connectivity index (χ0n) is 11.1. The van der Waals surface area contributed by atoms with Crippen molar-refractivity contribution in [2.45, 2.75) is 17.8 Å². The first-order valence-electron chi connectivity index (χ1n) is 5.84. The summed E-state index contributed by atoms with van der Waals surface area (Å²) < 4.78 is 67.3. The molecule has 21 heavy (non-hydrogen) atoms. The lowest BCUT2D eigenvalue weighted by molar-refractivity contribution is -0.134. The first-order valence-corrected chi connectivity index (χ1v) is 7.35. The second-order valence-corrected chi connectivity index (χ2v) is 6.73. The Bertz CT molecular complexity index is 684. The van der Waals surface area contributed by atoms with E-state index in [9.17, 15) is 26.4 Å². The normalized spacial score (nSPS) is 20.2. The van der Waals surface area contributed by atoms with Gasteiger partial charge in [0, 0.05) is 7.05 Å². The molecule has 1 atom stereocenters. The molecule has 0 aromatic heterocycles. The van der Waals surface area contributed by atoms with Crippen LogP contribution in [0.4, 0.5) is 18.9 Å². The summed E-state index contributed by atoms with van der Waals surface area (Å²) in [6.07, 6.45) is -6.14. The van der Waals surface area contributed by atoms with Crippen LogP contribution in [0.3, 0.4) is 0 Å². The standard InChI is InChI=1S/C12H12F3NO4S/c1-16-9-4-3-7(11(17)20-2)5-8(9)10(21(16,18)19)6-12(13,14)15/h3-5,10H,6H2,1-2H3. The van der Waals surface area contributed by atoms with Crippen LogP contribution in [0.2, 0.25) is 0 Å². The van der Waals surface area contributed by atoms with Crippen LogP contribution in [0.25, 0.3) is 0 Å². The molecule has 1 aliphatic rings. The van der Waals surface area contributed by atoms with Crippen molar-refractivity contribution in [1.29, 1.82) is 0 Å². The van der Waals surface area contributed by atoms with E-state index in [1.165, 1.54) is 19.2 Å². The molecule has 0 N–H and O–H groups in total. The summed E-state index contributed by atoms with van der Waals surface area (Å²) >= 11 is 0. The van der Waals surface area contributed by atoms with Gasteiger partial charge in [-0.05, 0) is 23.8 Å². The van der Waals surface area contributed by atoms with E-state index in [2.05, 4.69) is 4.74 Å². The van der Waals surface area contributed by atoms with Gasteiger partial charge in [0.05, 0.1) is 24.8 Å². The van der Waals surface area contributed by atoms with Gasteiger partial charge < -0.3 is 4.74 Å². The lowest BCUT2D eigenvalue weighted by Gasteiger charge is -2.15. The molecule has 1 aromatic carbocycles. The Balaban J connectivity index is 2.56. The molecule has 1 heterocycles. The number of hydrogen-bond donors (Lipinski definition) is 0. The first-order chi connectivity index (χ1) is 9.58. The number of methoxy groups -OCH3 is 1. The number of rotatable bonds is 2. The number of anilines is 1. The van der Waals surface area contributed by atoms with Gasteiger partial charge in [-0.15, -0.1) is 0 Å². The van der Waals surface area contributed by atoms with Gasteiger partial charge in [0.2, 0.25) is 10.0 Å². The van der Waals surface area contributed by atoms with Crippen molar-refractivity contribution in [1.82, 2.24) is 0 Å². The molecule has 0 aliphatic carbocycles. The van der Waals surface area contributed by atoms with Crippen molar-refractivity contribution in [2.75, 3.05) is 18.5 Å². The summed E-state index contributed by atoms with van der Waals surface area (Å²) in [5, 5.41) is -1.75. The van der Waals surface area contributed by atoms with E-state index >= 15 is 0 Å². The molecule has 0 bridgehead atoms. The van der Waals surface area contributed by atoms with E-state index in [-0.39, 0.29) is 16.8 Å². The van der Waals surface area contributed by atoms with Gasteiger partial charge in [-0.2, -0.15) is 13.2 Å². The van der Waals surface area contributed by atoms with Gasteiger partial charge >= 0.3 is 12.1 Å². The molecule has 0 radical (unpaired) electrons. The Morgan fingerprint density at radius 1 is 1.38 bits per heavy atom. The predicted octanol–water partition coefficient (Wildman–Crippen LogP) is 2.25. The molecule has 5 nitrogen and oxygen atoms in total. The van der Waals surface area contributed by atoms with Crippen molar-refractivity contribution in [2.24, 2.45) is 0 Å². The summed E-state index contributed by atoms with van der Waals surface area (Å²) in [6.45, 7) is 0. The van der Waals surface area contributed by atoms with Crippen molar-refractivity contribution in [3.8, 4) is 0 Å². The number of alkyl halides is 3. The fourth-order valence-corrected chi connectivity index (χ4v) is 3.99. The Hall–Kier alpha value is -1.77. The SMILES string of the molecule is COC(=O)c1ccc2c(c1)C(CC(F)(F)F)S(=O)(=O)N2C. The Kier molecular flexibility index (Phi) is 3.64. The highest BCUT2D eigenvalue weighted by molar-refractivity contribution is 7.93. The Labute approximate surface area is 119 Å². The molecule has 1 unspecified atom stereocenters. The van der Waals surface area contributed by atoms with Crippen LogP contribution in [0.5, 0.6) is 0 Å².